The van der Waals surface area contributed by atoms with Crippen LogP contribution in [0, 0.1) is 0 Å². The molecule has 0 radical (unpaired) electrons. The summed E-state index contributed by atoms with van der Waals surface area (Å²) in [7, 11) is 3.60. The minimum atomic E-state index is -0.238. The van der Waals surface area contributed by atoms with Crippen LogP contribution in [0.3, 0.4) is 0 Å². The molecule has 2 aromatic heterocycles. The average Bonchev–Trinajstić information content (AvgIpc) is 3.28. The Morgan fingerprint density at radius 2 is 1.72 bits per heavy atom. The molecule has 0 unspecified atom stereocenters. The van der Waals surface area contributed by atoms with Crippen molar-refractivity contribution >= 4 is 27.9 Å². The number of pyridine rings is 1. The number of benzene rings is 3. The molecule has 0 saturated carbocycles. The van der Waals surface area contributed by atoms with E-state index in [4.69, 9.17) is 28.9 Å². The van der Waals surface area contributed by atoms with Gasteiger partial charge in [-0.2, -0.15) is 0 Å². The van der Waals surface area contributed by atoms with E-state index in [0.717, 1.165) is 44.8 Å². The van der Waals surface area contributed by atoms with Crippen LogP contribution in [0.4, 0.5) is 0 Å². The molecule has 0 aliphatic heterocycles. The first-order valence-corrected chi connectivity index (χ1v) is 12.9. The number of carbonyl (C=O) groups excluding carboxylic acids is 1. The number of hydrogen-bond donors (Lipinski definition) is 0. The SMILES string of the molecule is CCOC(=O)CCc1ccc(OCc2nc3ccc(OC)cc3n2C)cc1OCc1ccc2ccccc2n1. The predicted molar refractivity (Wildman–Crippen MR) is 149 cm³/mol. The van der Waals surface area contributed by atoms with Crippen molar-refractivity contribution in [3.8, 4) is 17.2 Å². The fraction of sp³-hybridized carbons (Fsp3) is 0.258. The van der Waals surface area contributed by atoms with Gasteiger partial charge in [0.1, 0.15) is 36.3 Å². The van der Waals surface area contributed by atoms with Gasteiger partial charge in [-0.15, -0.1) is 0 Å². The lowest BCUT2D eigenvalue weighted by Crippen LogP contribution is -2.07. The van der Waals surface area contributed by atoms with Crippen molar-refractivity contribution in [1.82, 2.24) is 14.5 Å². The molecule has 8 heteroatoms. The van der Waals surface area contributed by atoms with Crippen LogP contribution in [0.5, 0.6) is 17.2 Å². The van der Waals surface area contributed by atoms with E-state index < -0.39 is 0 Å². The second-order valence-corrected chi connectivity index (χ2v) is 9.09. The molecular formula is C31H31N3O5. The Labute approximate surface area is 227 Å². The smallest absolute Gasteiger partial charge is 0.306 e. The number of aromatic nitrogens is 3. The molecular weight excluding hydrogens is 494 g/mol. The van der Waals surface area contributed by atoms with E-state index in [0.29, 0.717) is 24.5 Å². The Morgan fingerprint density at radius 3 is 2.56 bits per heavy atom. The van der Waals surface area contributed by atoms with E-state index in [1.54, 1.807) is 14.0 Å². The molecule has 5 rings (SSSR count). The Bertz CT molecular complexity index is 1610. The highest BCUT2D eigenvalue weighted by atomic mass is 16.5. The van der Waals surface area contributed by atoms with Gasteiger partial charge in [0.25, 0.3) is 0 Å². The van der Waals surface area contributed by atoms with E-state index in [1.807, 2.05) is 84.4 Å². The molecule has 5 aromatic rings. The van der Waals surface area contributed by atoms with Crippen molar-refractivity contribution < 1.29 is 23.7 Å². The van der Waals surface area contributed by atoms with Gasteiger partial charge in [0, 0.05) is 31.0 Å². The first-order chi connectivity index (χ1) is 19.0. The third-order valence-electron chi connectivity index (χ3n) is 6.52. The van der Waals surface area contributed by atoms with Gasteiger partial charge in [-0.1, -0.05) is 30.3 Å². The van der Waals surface area contributed by atoms with Crippen LogP contribution in [-0.2, 0) is 36.2 Å². The summed E-state index contributed by atoms with van der Waals surface area (Å²) in [5.41, 5.74) is 4.46. The molecule has 0 saturated heterocycles. The molecule has 0 bridgehead atoms. The molecule has 0 amide bonds. The van der Waals surface area contributed by atoms with E-state index in [1.165, 1.54) is 0 Å². The summed E-state index contributed by atoms with van der Waals surface area (Å²) in [5, 5.41) is 1.08. The maximum absolute atomic E-state index is 12.0. The van der Waals surface area contributed by atoms with Crippen LogP contribution in [0.2, 0.25) is 0 Å². The van der Waals surface area contributed by atoms with Crippen LogP contribution in [0.25, 0.3) is 21.9 Å². The molecule has 0 aliphatic rings. The molecule has 0 N–H and O–H groups in total. The van der Waals surface area contributed by atoms with Gasteiger partial charge < -0.3 is 23.5 Å². The number of fused-ring (bicyclic) bond motifs is 2. The van der Waals surface area contributed by atoms with Crippen LogP contribution < -0.4 is 14.2 Å². The minimum Gasteiger partial charge on any atom is -0.497 e. The number of rotatable bonds is 11. The van der Waals surface area contributed by atoms with Gasteiger partial charge in [0.05, 0.1) is 36.0 Å². The van der Waals surface area contributed by atoms with Crippen molar-refractivity contribution in [3.63, 3.8) is 0 Å². The number of carbonyl (C=O) groups is 1. The van der Waals surface area contributed by atoms with Crippen molar-refractivity contribution in [2.75, 3.05) is 13.7 Å². The molecule has 0 atom stereocenters. The van der Waals surface area contributed by atoms with E-state index in [-0.39, 0.29) is 25.6 Å². The van der Waals surface area contributed by atoms with Gasteiger partial charge in [-0.3, -0.25) is 4.79 Å². The zero-order chi connectivity index (χ0) is 27.2. The van der Waals surface area contributed by atoms with Crippen molar-refractivity contribution in [2.24, 2.45) is 7.05 Å². The summed E-state index contributed by atoms with van der Waals surface area (Å²) in [5.74, 6) is 2.60. The normalized spacial score (nSPS) is 11.1. The number of aryl methyl sites for hydroxylation is 2. The summed E-state index contributed by atoms with van der Waals surface area (Å²) in [6.07, 6.45) is 0.758. The van der Waals surface area contributed by atoms with E-state index in [2.05, 4.69) is 0 Å². The van der Waals surface area contributed by atoms with Crippen molar-refractivity contribution in [3.05, 3.63) is 89.9 Å². The molecule has 0 spiro atoms. The zero-order valence-corrected chi connectivity index (χ0v) is 22.3. The number of methoxy groups -OCH3 is 1. The second kappa shape index (κ2) is 11.9. The highest BCUT2D eigenvalue weighted by Gasteiger charge is 2.13. The maximum Gasteiger partial charge on any atom is 0.306 e. The monoisotopic (exact) mass is 525 g/mol. The summed E-state index contributed by atoms with van der Waals surface area (Å²) in [4.78, 5) is 21.4. The minimum absolute atomic E-state index is 0.238. The lowest BCUT2D eigenvalue weighted by Gasteiger charge is -2.14. The molecule has 0 aliphatic carbocycles. The van der Waals surface area contributed by atoms with Crippen LogP contribution >= 0.6 is 0 Å². The Kier molecular flexibility index (Phi) is 7.91. The lowest BCUT2D eigenvalue weighted by molar-refractivity contribution is -0.143. The van der Waals surface area contributed by atoms with Gasteiger partial charge in [0.2, 0.25) is 0 Å². The van der Waals surface area contributed by atoms with Crippen LogP contribution in [0.1, 0.15) is 30.4 Å². The summed E-state index contributed by atoms with van der Waals surface area (Å²) in [6.45, 7) is 2.72. The average molecular weight is 526 g/mol. The van der Waals surface area contributed by atoms with Gasteiger partial charge in [-0.05, 0) is 49.2 Å². The summed E-state index contributed by atoms with van der Waals surface area (Å²) < 4.78 is 24.8. The van der Waals surface area contributed by atoms with Crippen LogP contribution in [-0.4, -0.2) is 34.2 Å². The number of ether oxygens (including phenoxy) is 4. The molecule has 8 nitrogen and oxygen atoms in total. The highest BCUT2D eigenvalue weighted by Crippen LogP contribution is 2.28. The predicted octanol–water partition coefficient (Wildman–Crippen LogP) is 5.78. The fourth-order valence-corrected chi connectivity index (χ4v) is 4.40. The first-order valence-electron chi connectivity index (χ1n) is 12.9. The number of imidazole rings is 1. The third-order valence-corrected chi connectivity index (χ3v) is 6.52. The number of para-hydroxylation sites is 1. The van der Waals surface area contributed by atoms with E-state index >= 15 is 0 Å². The molecule has 39 heavy (non-hydrogen) atoms. The molecule has 3 aromatic carbocycles. The summed E-state index contributed by atoms with van der Waals surface area (Å²) in [6, 6.07) is 23.4. The Morgan fingerprint density at radius 1 is 0.872 bits per heavy atom. The lowest BCUT2D eigenvalue weighted by atomic mass is 10.1. The molecule has 0 fully saturated rings. The zero-order valence-electron chi connectivity index (χ0n) is 22.3. The molecule has 200 valence electrons. The number of hydrogen-bond acceptors (Lipinski definition) is 7. The largest absolute Gasteiger partial charge is 0.497 e. The highest BCUT2D eigenvalue weighted by molar-refractivity contribution is 5.78. The van der Waals surface area contributed by atoms with E-state index in [9.17, 15) is 4.79 Å². The van der Waals surface area contributed by atoms with Crippen molar-refractivity contribution in [1.29, 1.82) is 0 Å². The standard InChI is InChI=1S/C31H31N3O5/c1-4-37-31(35)16-11-22-10-13-25(38-20-30-33-27-15-14-24(36-3)17-28(27)34(30)2)18-29(22)39-19-23-12-9-21-7-5-6-8-26(21)32-23/h5-10,12-15,17-18H,4,11,16,19-20H2,1-3H3. The van der Waals surface area contributed by atoms with Crippen LogP contribution in [0.15, 0.2) is 72.8 Å². The summed E-state index contributed by atoms with van der Waals surface area (Å²) >= 11 is 0. The van der Waals surface area contributed by atoms with Gasteiger partial charge in [-0.25, -0.2) is 9.97 Å². The Hall–Kier alpha value is -4.59. The van der Waals surface area contributed by atoms with Crippen molar-refractivity contribution in [2.45, 2.75) is 33.0 Å². The first kappa shape index (κ1) is 26.0. The number of nitrogens with zero attached hydrogens (tertiary/aromatic N) is 3. The Balaban J connectivity index is 1.34. The third kappa shape index (κ3) is 6.12. The topological polar surface area (TPSA) is 84.7 Å². The molecule has 2 heterocycles. The number of esters is 1. The van der Waals surface area contributed by atoms with Gasteiger partial charge >= 0.3 is 5.97 Å². The fourth-order valence-electron chi connectivity index (χ4n) is 4.40. The second-order valence-electron chi connectivity index (χ2n) is 9.09. The van der Waals surface area contributed by atoms with Gasteiger partial charge in [0.15, 0.2) is 0 Å². The maximum atomic E-state index is 12.0. The quantitative estimate of drug-likeness (QED) is 0.202.